The number of hydrogen-bond donors (Lipinski definition) is 0. The van der Waals surface area contributed by atoms with Crippen molar-refractivity contribution in [3.8, 4) is 17.1 Å². The van der Waals surface area contributed by atoms with Gasteiger partial charge in [-0.1, -0.05) is 5.16 Å². The number of ether oxygens (including phenoxy) is 1. The molecule has 0 bridgehead atoms. The Balaban J connectivity index is 1.50. The van der Waals surface area contributed by atoms with Gasteiger partial charge in [-0.15, -0.1) is 0 Å². The fourth-order valence-corrected chi connectivity index (χ4v) is 3.50. The van der Waals surface area contributed by atoms with Crippen LogP contribution in [0.3, 0.4) is 0 Å². The highest BCUT2D eigenvalue weighted by molar-refractivity contribution is 5.97. The fraction of sp³-hybridized carbons (Fsp3) is 0.318. The number of carbonyl (C=O) groups is 1. The molecule has 29 heavy (non-hydrogen) atoms. The molecule has 1 saturated heterocycles. The van der Waals surface area contributed by atoms with Crippen molar-refractivity contribution in [2.45, 2.75) is 39.2 Å². The van der Waals surface area contributed by atoms with Gasteiger partial charge in [0.15, 0.2) is 0 Å². The van der Waals surface area contributed by atoms with Crippen LogP contribution in [0, 0.1) is 12.7 Å². The molecule has 1 atom stereocenters. The van der Waals surface area contributed by atoms with Crippen LogP contribution in [0.5, 0.6) is 5.75 Å². The summed E-state index contributed by atoms with van der Waals surface area (Å²) >= 11 is 0. The first-order valence-electron chi connectivity index (χ1n) is 9.58. The summed E-state index contributed by atoms with van der Waals surface area (Å²) in [5.41, 5.74) is 2.24. The number of anilines is 1. The molecule has 1 amide bonds. The Morgan fingerprint density at radius 3 is 2.66 bits per heavy atom. The number of halogens is 1. The Labute approximate surface area is 168 Å². The van der Waals surface area contributed by atoms with Gasteiger partial charge in [0.1, 0.15) is 11.6 Å². The molecule has 0 aliphatic carbocycles. The maximum atomic E-state index is 13.4. The highest BCUT2D eigenvalue weighted by Gasteiger charge is 2.35. The van der Waals surface area contributed by atoms with Crippen LogP contribution >= 0.6 is 0 Å². The molecule has 4 rings (SSSR count). The lowest BCUT2D eigenvalue weighted by Gasteiger charge is -2.18. The van der Waals surface area contributed by atoms with E-state index in [9.17, 15) is 9.18 Å². The van der Waals surface area contributed by atoms with Crippen LogP contribution in [0.15, 0.2) is 47.0 Å². The van der Waals surface area contributed by atoms with Crippen LogP contribution in [0.25, 0.3) is 11.4 Å². The number of benzene rings is 2. The molecule has 1 fully saturated rings. The van der Waals surface area contributed by atoms with Crippen molar-refractivity contribution in [2.75, 3.05) is 11.4 Å². The van der Waals surface area contributed by atoms with Crippen LogP contribution in [-0.2, 0) is 4.79 Å². The molecule has 0 N–H and O–H groups in total. The zero-order valence-electron chi connectivity index (χ0n) is 16.6. The molecular weight excluding hydrogens is 373 g/mol. The lowest BCUT2D eigenvalue weighted by atomic mass is 10.1. The summed E-state index contributed by atoms with van der Waals surface area (Å²) in [6, 6.07) is 11.9. The normalized spacial score (nSPS) is 16.7. The van der Waals surface area contributed by atoms with Crippen molar-refractivity contribution >= 4 is 11.6 Å². The Bertz CT molecular complexity index is 1030. The zero-order valence-corrected chi connectivity index (χ0v) is 16.6. The van der Waals surface area contributed by atoms with E-state index in [1.807, 2.05) is 38.1 Å². The van der Waals surface area contributed by atoms with E-state index in [-0.39, 0.29) is 30.2 Å². The zero-order chi connectivity index (χ0) is 20.5. The topological polar surface area (TPSA) is 68.5 Å². The van der Waals surface area contributed by atoms with Crippen LogP contribution in [0.1, 0.15) is 37.6 Å². The second-order valence-corrected chi connectivity index (χ2v) is 7.48. The van der Waals surface area contributed by atoms with Crippen molar-refractivity contribution in [3.05, 3.63) is 59.7 Å². The average Bonchev–Trinajstić information content (AvgIpc) is 3.29. The first kappa shape index (κ1) is 19.1. The van der Waals surface area contributed by atoms with E-state index < -0.39 is 0 Å². The van der Waals surface area contributed by atoms with Crippen LogP contribution in [0.2, 0.25) is 0 Å². The lowest BCUT2D eigenvalue weighted by molar-refractivity contribution is -0.117. The SMILES string of the molecule is Cc1cc(F)ccc1N1CC(c2nc(-c3ccc(OC(C)C)cc3)no2)CC1=O. The van der Waals surface area contributed by atoms with E-state index >= 15 is 0 Å². The average molecular weight is 395 g/mol. The van der Waals surface area contributed by atoms with Crippen LogP contribution in [0.4, 0.5) is 10.1 Å². The molecule has 2 aromatic carbocycles. The van der Waals surface area contributed by atoms with E-state index in [0.717, 1.165) is 11.3 Å². The van der Waals surface area contributed by atoms with Gasteiger partial charge < -0.3 is 14.2 Å². The summed E-state index contributed by atoms with van der Waals surface area (Å²) in [4.78, 5) is 18.7. The van der Waals surface area contributed by atoms with E-state index in [1.165, 1.54) is 12.1 Å². The minimum Gasteiger partial charge on any atom is -0.491 e. The van der Waals surface area contributed by atoms with Gasteiger partial charge in [0.25, 0.3) is 0 Å². The van der Waals surface area contributed by atoms with Gasteiger partial charge in [0.05, 0.1) is 12.0 Å². The number of rotatable bonds is 5. The molecule has 1 aliphatic heterocycles. The second kappa shape index (κ2) is 7.66. The molecule has 0 spiro atoms. The number of aromatic nitrogens is 2. The number of nitrogens with zero attached hydrogens (tertiary/aromatic N) is 3. The van der Waals surface area contributed by atoms with E-state index in [1.54, 1.807) is 17.9 Å². The van der Waals surface area contributed by atoms with Gasteiger partial charge in [-0.25, -0.2) is 4.39 Å². The molecule has 6 nitrogen and oxygen atoms in total. The summed E-state index contributed by atoms with van der Waals surface area (Å²) in [7, 11) is 0. The van der Waals surface area contributed by atoms with Crippen LogP contribution in [-0.4, -0.2) is 28.7 Å². The Kier molecular flexibility index (Phi) is 5.05. The molecule has 1 aromatic heterocycles. The molecule has 1 aliphatic rings. The molecule has 0 radical (unpaired) electrons. The van der Waals surface area contributed by atoms with Gasteiger partial charge in [0, 0.05) is 24.2 Å². The van der Waals surface area contributed by atoms with Gasteiger partial charge in [-0.05, 0) is 68.8 Å². The maximum absolute atomic E-state index is 13.4. The molecule has 1 unspecified atom stereocenters. The summed E-state index contributed by atoms with van der Waals surface area (Å²) in [5, 5.41) is 4.07. The van der Waals surface area contributed by atoms with E-state index in [0.29, 0.717) is 29.5 Å². The standard InChI is InChI=1S/C22H22FN3O3/c1-13(2)28-18-7-4-15(5-8-18)21-24-22(29-25-21)16-11-20(27)26(12-16)19-9-6-17(23)10-14(19)3/h4-10,13,16H,11-12H2,1-3H3. The predicted molar refractivity (Wildman–Crippen MR) is 106 cm³/mol. The Morgan fingerprint density at radius 2 is 1.97 bits per heavy atom. The predicted octanol–water partition coefficient (Wildman–Crippen LogP) is 4.49. The molecule has 0 saturated carbocycles. The fourth-order valence-electron chi connectivity index (χ4n) is 3.50. The third-order valence-corrected chi connectivity index (χ3v) is 4.85. The Hall–Kier alpha value is -3.22. The minimum atomic E-state index is -0.319. The number of amides is 1. The van der Waals surface area contributed by atoms with Crippen molar-refractivity contribution in [2.24, 2.45) is 0 Å². The van der Waals surface area contributed by atoms with Gasteiger partial charge >= 0.3 is 0 Å². The lowest BCUT2D eigenvalue weighted by Crippen LogP contribution is -2.25. The minimum absolute atomic E-state index is 0.0420. The van der Waals surface area contributed by atoms with Gasteiger partial charge in [-0.2, -0.15) is 4.98 Å². The number of aryl methyl sites for hydroxylation is 1. The van der Waals surface area contributed by atoms with Crippen molar-refractivity contribution < 1.29 is 18.4 Å². The van der Waals surface area contributed by atoms with E-state index in [2.05, 4.69) is 10.1 Å². The number of hydrogen-bond acceptors (Lipinski definition) is 5. The Morgan fingerprint density at radius 1 is 1.21 bits per heavy atom. The van der Waals surface area contributed by atoms with Gasteiger partial charge in [0.2, 0.25) is 17.6 Å². The molecular formula is C22H22FN3O3. The molecule has 7 heteroatoms. The van der Waals surface area contributed by atoms with Crippen LogP contribution < -0.4 is 9.64 Å². The van der Waals surface area contributed by atoms with Crippen molar-refractivity contribution in [3.63, 3.8) is 0 Å². The maximum Gasteiger partial charge on any atom is 0.232 e. The summed E-state index contributed by atoms with van der Waals surface area (Å²) in [5.74, 6) is 1.12. The largest absolute Gasteiger partial charge is 0.491 e. The van der Waals surface area contributed by atoms with Crippen molar-refractivity contribution in [1.82, 2.24) is 10.1 Å². The smallest absolute Gasteiger partial charge is 0.232 e. The third-order valence-electron chi connectivity index (χ3n) is 4.85. The third kappa shape index (κ3) is 3.99. The first-order valence-corrected chi connectivity index (χ1v) is 9.58. The summed E-state index contributed by atoms with van der Waals surface area (Å²) in [6.07, 6.45) is 0.379. The van der Waals surface area contributed by atoms with E-state index in [4.69, 9.17) is 9.26 Å². The summed E-state index contributed by atoms with van der Waals surface area (Å²) < 4.78 is 24.5. The first-order chi connectivity index (χ1) is 13.9. The monoisotopic (exact) mass is 395 g/mol. The number of carbonyl (C=O) groups excluding carboxylic acids is 1. The highest BCUT2D eigenvalue weighted by atomic mass is 19.1. The van der Waals surface area contributed by atoms with Gasteiger partial charge in [-0.3, -0.25) is 4.79 Å². The summed E-state index contributed by atoms with van der Waals surface area (Å²) in [6.45, 7) is 6.16. The molecule has 150 valence electrons. The van der Waals surface area contributed by atoms with Crippen molar-refractivity contribution in [1.29, 1.82) is 0 Å². The quantitative estimate of drug-likeness (QED) is 0.637. The second-order valence-electron chi connectivity index (χ2n) is 7.48. The molecule has 2 heterocycles. The highest BCUT2D eigenvalue weighted by Crippen LogP contribution is 2.33. The molecule has 3 aromatic rings.